The molecular formula is C33H42FN3O5S. The van der Waals surface area contributed by atoms with Crippen molar-refractivity contribution in [3.63, 3.8) is 0 Å². The molecule has 0 unspecified atom stereocenters. The van der Waals surface area contributed by atoms with Crippen LogP contribution in [0, 0.1) is 5.82 Å². The summed E-state index contributed by atoms with van der Waals surface area (Å²) >= 11 is 0. The minimum absolute atomic E-state index is 0.0185. The predicted molar refractivity (Wildman–Crippen MR) is 168 cm³/mol. The van der Waals surface area contributed by atoms with E-state index in [9.17, 15) is 22.4 Å². The molecule has 0 heterocycles. The number of carbonyl (C=O) groups is 2. The quantitative estimate of drug-likeness (QED) is 0.236. The van der Waals surface area contributed by atoms with Gasteiger partial charge >= 0.3 is 0 Å². The molecule has 8 nitrogen and oxygen atoms in total. The molecule has 0 aromatic heterocycles. The second-order valence-electron chi connectivity index (χ2n) is 10.5. The molecule has 2 atom stereocenters. The summed E-state index contributed by atoms with van der Waals surface area (Å²) in [5, 5.41) is 2.99. The lowest BCUT2D eigenvalue weighted by molar-refractivity contribution is -0.141. The Bertz CT molecular complexity index is 1450. The second kappa shape index (κ2) is 16.1. The Morgan fingerprint density at radius 3 is 2.26 bits per heavy atom. The zero-order valence-electron chi connectivity index (χ0n) is 25.3. The predicted octanol–water partition coefficient (Wildman–Crippen LogP) is 5.33. The van der Waals surface area contributed by atoms with Gasteiger partial charge in [-0.1, -0.05) is 67.6 Å². The number of nitrogens with zero attached hydrogens (tertiary/aromatic N) is 2. The number of amides is 2. The van der Waals surface area contributed by atoms with Gasteiger partial charge in [0.15, 0.2) is 0 Å². The highest BCUT2D eigenvalue weighted by atomic mass is 32.2. The first-order valence-corrected chi connectivity index (χ1v) is 16.5. The van der Waals surface area contributed by atoms with Gasteiger partial charge in [-0.25, -0.2) is 12.8 Å². The summed E-state index contributed by atoms with van der Waals surface area (Å²) in [6.07, 6.45) is 2.16. The van der Waals surface area contributed by atoms with Crippen LogP contribution in [0.4, 0.5) is 10.1 Å². The van der Waals surface area contributed by atoms with Gasteiger partial charge in [0, 0.05) is 37.5 Å². The minimum Gasteiger partial charge on any atom is -0.492 e. The van der Waals surface area contributed by atoms with Crippen molar-refractivity contribution < 1.29 is 27.1 Å². The number of hydrogen-bond acceptors (Lipinski definition) is 5. The van der Waals surface area contributed by atoms with Gasteiger partial charge in [-0.2, -0.15) is 0 Å². The van der Waals surface area contributed by atoms with E-state index < -0.39 is 21.9 Å². The number of ether oxygens (including phenoxy) is 1. The largest absolute Gasteiger partial charge is 0.492 e. The number of anilines is 1. The van der Waals surface area contributed by atoms with Crippen LogP contribution < -0.4 is 14.4 Å². The van der Waals surface area contributed by atoms with Crippen LogP contribution in [-0.4, -0.2) is 56.6 Å². The highest BCUT2D eigenvalue weighted by Crippen LogP contribution is 2.30. The summed E-state index contributed by atoms with van der Waals surface area (Å²) in [4.78, 5) is 29.0. The number of rotatable bonds is 16. The first kappa shape index (κ1) is 33.6. The topological polar surface area (TPSA) is 96.0 Å². The highest BCUT2D eigenvalue weighted by Gasteiger charge is 2.31. The van der Waals surface area contributed by atoms with Gasteiger partial charge in [-0.15, -0.1) is 0 Å². The molecule has 232 valence electrons. The van der Waals surface area contributed by atoms with Crippen molar-refractivity contribution in [3.05, 3.63) is 95.8 Å². The van der Waals surface area contributed by atoms with Crippen LogP contribution in [-0.2, 0) is 32.6 Å². The van der Waals surface area contributed by atoms with Crippen molar-refractivity contribution in [2.75, 3.05) is 23.7 Å². The molecule has 0 aliphatic rings. The van der Waals surface area contributed by atoms with Crippen LogP contribution in [0.2, 0.25) is 0 Å². The van der Waals surface area contributed by atoms with Crippen molar-refractivity contribution in [1.82, 2.24) is 10.2 Å². The Kier molecular flexibility index (Phi) is 12.5. The SMILES string of the molecule is CCOc1ccccc1N(CCCC(=O)N(Cc1ccccc1F)[C@@H](Cc1ccccc1)C(=O)N[C@H](C)CC)S(C)(=O)=O. The third kappa shape index (κ3) is 9.81. The summed E-state index contributed by atoms with van der Waals surface area (Å²) in [5.74, 6) is -0.759. The molecule has 3 aromatic carbocycles. The molecule has 43 heavy (non-hydrogen) atoms. The van der Waals surface area contributed by atoms with Crippen LogP contribution in [0.1, 0.15) is 51.2 Å². The molecule has 0 radical (unpaired) electrons. The first-order chi connectivity index (χ1) is 20.5. The second-order valence-corrected chi connectivity index (χ2v) is 12.4. The highest BCUT2D eigenvalue weighted by molar-refractivity contribution is 7.92. The number of para-hydroxylation sites is 2. The number of hydrogen-bond donors (Lipinski definition) is 1. The average Bonchev–Trinajstić information content (AvgIpc) is 2.98. The van der Waals surface area contributed by atoms with Crippen LogP contribution in [0.25, 0.3) is 0 Å². The zero-order valence-corrected chi connectivity index (χ0v) is 26.1. The van der Waals surface area contributed by atoms with E-state index in [2.05, 4.69) is 5.32 Å². The fourth-order valence-electron chi connectivity index (χ4n) is 4.73. The molecule has 0 spiro atoms. The van der Waals surface area contributed by atoms with Gasteiger partial charge in [-0.05, 0) is 50.5 Å². The number of carbonyl (C=O) groups excluding carboxylic acids is 2. The standard InChI is InChI=1S/C33H42FN3O5S/c1-5-25(3)35-33(39)30(23-26-15-8-7-9-16-26)36(24-27-17-10-11-18-28(27)34)32(38)21-14-22-37(43(4,40)41)29-19-12-13-20-31(29)42-6-2/h7-13,15-20,25,30H,5-6,14,21-24H2,1-4H3,(H,35,39)/t25-,30+/m1/s1. The van der Waals surface area contributed by atoms with Gasteiger partial charge in [0.1, 0.15) is 17.6 Å². The van der Waals surface area contributed by atoms with E-state index in [4.69, 9.17) is 4.74 Å². The summed E-state index contributed by atoms with van der Waals surface area (Å²) in [5.41, 5.74) is 1.53. The molecule has 0 saturated heterocycles. The number of nitrogens with one attached hydrogen (secondary N) is 1. The van der Waals surface area contributed by atoms with Gasteiger partial charge in [0.2, 0.25) is 21.8 Å². The van der Waals surface area contributed by atoms with Crippen LogP contribution in [0.3, 0.4) is 0 Å². The van der Waals surface area contributed by atoms with Gasteiger partial charge < -0.3 is 15.0 Å². The molecule has 0 bridgehead atoms. The summed E-state index contributed by atoms with van der Waals surface area (Å²) < 4.78 is 47.3. The fourth-order valence-corrected chi connectivity index (χ4v) is 5.70. The summed E-state index contributed by atoms with van der Waals surface area (Å²) in [6.45, 7) is 5.93. The van der Waals surface area contributed by atoms with E-state index in [1.54, 1.807) is 42.5 Å². The van der Waals surface area contributed by atoms with Crippen molar-refractivity contribution in [1.29, 1.82) is 0 Å². The lowest BCUT2D eigenvalue weighted by Crippen LogP contribution is -2.52. The van der Waals surface area contributed by atoms with E-state index in [1.165, 1.54) is 15.3 Å². The normalized spacial score (nSPS) is 12.7. The van der Waals surface area contributed by atoms with Crippen molar-refractivity contribution in [2.24, 2.45) is 0 Å². The summed E-state index contributed by atoms with van der Waals surface area (Å²) in [6, 6.07) is 21.4. The minimum atomic E-state index is -3.70. The molecule has 0 aliphatic carbocycles. The third-order valence-electron chi connectivity index (χ3n) is 7.16. The van der Waals surface area contributed by atoms with E-state index >= 15 is 0 Å². The molecule has 3 aromatic rings. The molecule has 0 saturated carbocycles. The average molecular weight is 612 g/mol. The van der Waals surface area contributed by atoms with Gasteiger partial charge in [0.05, 0.1) is 18.6 Å². The number of sulfonamides is 1. The lowest BCUT2D eigenvalue weighted by atomic mass is 10.0. The number of benzene rings is 3. The maximum absolute atomic E-state index is 14.8. The Morgan fingerprint density at radius 2 is 1.60 bits per heavy atom. The van der Waals surface area contributed by atoms with E-state index in [-0.39, 0.29) is 55.8 Å². The molecule has 0 fully saturated rings. The van der Waals surface area contributed by atoms with Gasteiger partial charge in [-0.3, -0.25) is 13.9 Å². The lowest BCUT2D eigenvalue weighted by Gasteiger charge is -2.33. The first-order valence-electron chi connectivity index (χ1n) is 14.6. The van der Waals surface area contributed by atoms with Crippen molar-refractivity contribution >= 4 is 27.5 Å². The van der Waals surface area contributed by atoms with E-state index in [0.717, 1.165) is 11.8 Å². The Hall–Kier alpha value is -3.92. The van der Waals surface area contributed by atoms with E-state index in [0.29, 0.717) is 24.5 Å². The molecule has 10 heteroatoms. The Morgan fingerprint density at radius 1 is 0.953 bits per heavy atom. The Balaban J connectivity index is 1.91. The maximum Gasteiger partial charge on any atom is 0.243 e. The smallest absolute Gasteiger partial charge is 0.243 e. The summed E-state index contributed by atoms with van der Waals surface area (Å²) in [7, 11) is -3.70. The van der Waals surface area contributed by atoms with Crippen LogP contribution in [0.5, 0.6) is 5.75 Å². The molecule has 3 rings (SSSR count). The monoisotopic (exact) mass is 611 g/mol. The molecule has 2 amide bonds. The van der Waals surface area contributed by atoms with Crippen molar-refractivity contribution in [2.45, 2.75) is 65.1 Å². The maximum atomic E-state index is 14.8. The molecular weight excluding hydrogens is 569 g/mol. The third-order valence-corrected chi connectivity index (χ3v) is 8.34. The number of halogens is 1. The Labute approximate surface area is 254 Å². The van der Waals surface area contributed by atoms with E-state index in [1.807, 2.05) is 51.1 Å². The van der Waals surface area contributed by atoms with Crippen LogP contribution >= 0.6 is 0 Å². The zero-order chi connectivity index (χ0) is 31.4. The van der Waals surface area contributed by atoms with Crippen LogP contribution in [0.15, 0.2) is 78.9 Å². The van der Waals surface area contributed by atoms with Gasteiger partial charge in [0.25, 0.3) is 0 Å². The fraction of sp³-hybridized carbons (Fsp3) is 0.394. The molecule has 1 N–H and O–H groups in total. The van der Waals surface area contributed by atoms with Crippen molar-refractivity contribution in [3.8, 4) is 5.75 Å². The molecule has 0 aliphatic heterocycles.